The summed E-state index contributed by atoms with van der Waals surface area (Å²) < 4.78 is 23.1. The van der Waals surface area contributed by atoms with Crippen molar-refractivity contribution in [1.82, 2.24) is 0 Å². The van der Waals surface area contributed by atoms with Crippen molar-refractivity contribution in [3.05, 3.63) is 23.3 Å². The summed E-state index contributed by atoms with van der Waals surface area (Å²) in [5.41, 5.74) is -2.86. The topological polar surface area (TPSA) is 149 Å². The van der Waals surface area contributed by atoms with Gasteiger partial charge in [-0.2, -0.15) is 0 Å². The van der Waals surface area contributed by atoms with Gasteiger partial charge in [-0.1, -0.05) is 26.8 Å². The zero-order valence-corrected chi connectivity index (χ0v) is 23.8. The molecule has 4 aliphatic rings. The maximum absolute atomic E-state index is 14.1. The quantitative estimate of drug-likeness (QED) is 0.172. The number of hydrogen-bond acceptors (Lipinski definition) is 10. The molecule has 10 heteroatoms. The number of ether oxygens (including phenoxy) is 4. The van der Waals surface area contributed by atoms with E-state index in [4.69, 9.17) is 18.9 Å². The van der Waals surface area contributed by atoms with E-state index in [-0.39, 0.29) is 24.7 Å². The summed E-state index contributed by atoms with van der Waals surface area (Å²) >= 11 is 0. The lowest BCUT2D eigenvalue weighted by atomic mass is 9.80. The number of aliphatic hydroxyl groups excluding tert-OH is 2. The van der Waals surface area contributed by atoms with Gasteiger partial charge in [0.15, 0.2) is 17.0 Å². The third-order valence-electron chi connectivity index (χ3n) is 9.44. The van der Waals surface area contributed by atoms with Gasteiger partial charge in [-0.05, 0) is 44.8 Å². The molecule has 216 valence electrons. The highest BCUT2D eigenvalue weighted by atomic mass is 16.7. The van der Waals surface area contributed by atoms with Crippen LogP contribution in [0.4, 0.5) is 0 Å². The maximum Gasteiger partial charge on any atom is 0.333 e. The first-order valence-electron chi connectivity index (χ1n) is 13.5. The van der Waals surface area contributed by atoms with Crippen molar-refractivity contribution in [3.8, 4) is 0 Å². The minimum absolute atomic E-state index is 0.0935. The number of ketones is 1. The molecule has 3 fully saturated rings. The third-order valence-corrected chi connectivity index (χ3v) is 9.44. The van der Waals surface area contributed by atoms with E-state index in [2.05, 4.69) is 0 Å². The summed E-state index contributed by atoms with van der Waals surface area (Å²) in [5.74, 6) is -4.43. The summed E-state index contributed by atoms with van der Waals surface area (Å²) in [7, 11) is 0. The average molecular weight is 549 g/mol. The van der Waals surface area contributed by atoms with Crippen molar-refractivity contribution < 1.29 is 48.3 Å². The Hall–Kier alpha value is -2.56. The molecule has 2 N–H and O–H groups in total. The molecule has 39 heavy (non-hydrogen) atoms. The predicted octanol–water partition coefficient (Wildman–Crippen LogP) is 2.05. The largest absolute Gasteiger partial charge is 0.465 e. The molecule has 11 atom stereocenters. The molecule has 0 aromatic rings. The summed E-state index contributed by atoms with van der Waals surface area (Å²) in [6.07, 6.45) is -1.01. The third kappa shape index (κ3) is 4.44. The van der Waals surface area contributed by atoms with E-state index >= 15 is 0 Å². The van der Waals surface area contributed by atoms with E-state index in [1.165, 1.54) is 13.8 Å². The SMILES string of the molecule is CC=C(C)C(=O)OC1C(O)C(C)=CC23OC2(CC(C)C3O)C(=O)C(C)C(OC(C)=O)C2C1C2(C)COC(C)=O. The van der Waals surface area contributed by atoms with E-state index < -0.39 is 76.7 Å². The summed E-state index contributed by atoms with van der Waals surface area (Å²) in [6.45, 7) is 12.6. The molecular formula is C29H40O10. The van der Waals surface area contributed by atoms with Crippen molar-refractivity contribution in [2.45, 2.75) is 97.4 Å². The van der Waals surface area contributed by atoms with Crippen LogP contribution in [0.1, 0.15) is 61.8 Å². The van der Waals surface area contributed by atoms with Crippen LogP contribution in [0.2, 0.25) is 0 Å². The lowest BCUT2D eigenvalue weighted by molar-refractivity contribution is -0.157. The van der Waals surface area contributed by atoms with Gasteiger partial charge in [-0.25, -0.2) is 4.79 Å². The molecule has 0 aromatic heterocycles. The zero-order valence-electron chi connectivity index (χ0n) is 23.8. The molecule has 0 aromatic carbocycles. The van der Waals surface area contributed by atoms with Crippen LogP contribution >= 0.6 is 0 Å². The second kappa shape index (κ2) is 9.82. The van der Waals surface area contributed by atoms with Gasteiger partial charge in [0.05, 0.1) is 18.6 Å². The van der Waals surface area contributed by atoms with E-state index in [1.54, 1.807) is 46.8 Å². The number of rotatable bonds is 5. The van der Waals surface area contributed by atoms with Gasteiger partial charge >= 0.3 is 17.9 Å². The van der Waals surface area contributed by atoms with Gasteiger partial charge in [0.1, 0.15) is 18.3 Å². The van der Waals surface area contributed by atoms with Crippen LogP contribution in [0, 0.1) is 29.1 Å². The van der Waals surface area contributed by atoms with Gasteiger partial charge < -0.3 is 29.2 Å². The van der Waals surface area contributed by atoms with Crippen molar-refractivity contribution in [2.24, 2.45) is 29.1 Å². The van der Waals surface area contributed by atoms with E-state index in [9.17, 15) is 29.4 Å². The van der Waals surface area contributed by atoms with Crippen LogP contribution in [-0.2, 0) is 38.1 Å². The van der Waals surface area contributed by atoms with Crippen LogP contribution in [0.3, 0.4) is 0 Å². The van der Waals surface area contributed by atoms with Gasteiger partial charge in [0, 0.05) is 36.7 Å². The Labute approximate surface area is 228 Å². The Bertz CT molecular complexity index is 1140. The number of aliphatic hydroxyl groups is 2. The molecule has 3 aliphatic carbocycles. The Morgan fingerprint density at radius 1 is 1.08 bits per heavy atom. The Kier molecular flexibility index (Phi) is 7.41. The lowest BCUT2D eigenvalue weighted by Crippen LogP contribution is -2.43. The summed E-state index contributed by atoms with van der Waals surface area (Å²) in [4.78, 5) is 51.2. The van der Waals surface area contributed by atoms with Crippen LogP contribution in [-0.4, -0.2) is 76.1 Å². The smallest absolute Gasteiger partial charge is 0.333 e. The fourth-order valence-corrected chi connectivity index (χ4v) is 7.12. The second-order valence-electron chi connectivity index (χ2n) is 12.1. The monoisotopic (exact) mass is 548 g/mol. The molecule has 1 saturated heterocycles. The molecule has 1 heterocycles. The first-order chi connectivity index (χ1) is 18.1. The predicted molar refractivity (Wildman–Crippen MR) is 137 cm³/mol. The second-order valence-corrected chi connectivity index (χ2v) is 12.1. The maximum atomic E-state index is 14.1. The van der Waals surface area contributed by atoms with Crippen molar-refractivity contribution in [1.29, 1.82) is 0 Å². The van der Waals surface area contributed by atoms with Gasteiger partial charge in [-0.3, -0.25) is 14.4 Å². The van der Waals surface area contributed by atoms with Crippen LogP contribution < -0.4 is 0 Å². The fourth-order valence-electron chi connectivity index (χ4n) is 7.12. The molecule has 0 amide bonds. The molecule has 11 unspecified atom stereocenters. The van der Waals surface area contributed by atoms with E-state index in [0.717, 1.165) is 0 Å². The van der Waals surface area contributed by atoms with Gasteiger partial charge in [-0.15, -0.1) is 0 Å². The first kappa shape index (κ1) is 29.4. The van der Waals surface area contributed by atoms with Crippen molar-refractivity contribution in [3.63, 3.8) is 0 Å². The number of carbonyl (C=O) groups excluding carboxylic acids is 4. The molecule has 1 aliphatic heterocycles. The molecule has 4 rings (SSSR count). The highest BCUT2D eigenvalue weighted by Crippen LogP contribution is 2.68. The molecule has 0 spiro atoms. The normalized spacial score (nSPS) is 45.0. The number of hydrogen-bond donors (Lipinski definition) is 2. The van der Waals surface area contributed by atoms with Crippen LogP contribution in [0.15, 0.2) is 23.3 Å². The Morgan fingerprint density at radius 2 is 1.69 bits per heavy atom. The number of epoxide rings is 1. The van der Waals surface area contributed by atoms with Crippen molar-refractivity contribution in [2.75, 3.05) is 6.61 Å². The minimum atomic E-state index is -1.34. The van der Waals surface area contributed by atoms with Crippen LogP contribution in [0.25, 0.3) is 0 Å². The number of esters is 3. The van der Waals surface area contributed by atoms with Gasteiger partial charge in [0.2, 0.25) is 0 Å². The van der Waals surface area contributed by atoms with Crippen LogP contribution in [0.5, 0.6) is 0 Å². The lowest BCUT2D eigenvalue weighted by Gasteiger charge is -2.28. The number of Topliss-reactive ketones (excluding diaryl/α,β-unsaturated/α-hetero) is 1. The van der Waals surface area contributed by atoms with E-state index in [1.807, 2.05) is 6.92 Å². The number of fused-ring (bicyclic) bond motifs is 1. The number of carbonyl (C=O) groups is 4. The first-order valence-corrected chi connectivity index (χ1v) is 13.5. The molecule has 0 bridgehead atoms. The number of allylic oxidation sites excluding steroid dienone is 1. The Balaban J connectivity index is 1.88. The minimum Gasteiger partial charge on any atom is -0.465 e. The molecule has 10 nitrogen and oxygen atoms in total. The highest BCUT2D eigenvalue weighted by molar-refractivity contribution is 5.96. The highest BCUT2D eigenvalue weighted by Gasteiger charge is 2.83. The van der Waals surface area contributed by atoms with Crippen molar-refractivity contribution >= 4 is 23.7 Å². The summed E-state index contributed by atoms with van der Waals surface area (Å²) in [6, 6.07) is 0. The average Bonchev–Trinajstić information content (AvgIpc) is 3.69. The zero-order chi connectivity index (χ0) is 29.2. The standard InChI is InChI=1S/C29H40O10/c1-9-13(2)26(35)38-23-20-19(27(20,8)12-36-17(6)30)22(37-18(7)31)16(5)25(34)29-11-15(4)24(33)28(29,39-29)10-14(3)21(23)32/h9-10,15-16,19-24,32-33H,11-12H2,1-8H3. The summed E-state index contributed by atoms with van der Waals surface area (Å²) in [5, 5.41) is 22.8. The fraction of sp³-hybridized carbons (Fsp3) is 0.724. The molecule has 2 saturated carbocycles. The molecular weight excluding hydrogens is 508 g/mol. The van der Waals surface area contributed by atoms with Gasteiger partial charge in [0.25, 0.3) is 0 Å². The van der Waals surface area contributed by atoms with E-state index in [0.29, 0.717) is 11.1 Å². The Morgan fingerprint density at radius 3 is 2.26 bits per heavy atom. The molecule has 0 radical (unpaired) electrons.